The molecule has 17 heavy (non-hydrogen) atoms. The molecule has 0 amide bonds. The molecule has 0 N–H and O–H groups in total. The summed E-state index contributed by atoms with van der Waals surface area (Å²) in [5.74, 6) is 1.29. The summed E-state index contributed by atoms with van der Waals surface area (Å²) in [6.07, 6.45) is 3.41. The van der Waals surface area contributed by atoms with Gasteiger partial charge in [0.1, 0.15) is 11.8 Å². The van der Waals surface area contributed by atoms with Gasteiger partial charge in [0.05, 0.1) is 5.02 Å². The summed E-state index contributed by atoms with van der Waals surface area (Å²) in [5.41, 5.74) is 1.23. The summed E-state index contributed by atoms with van der Waals surface area (Å²) < 4.78 is 5.21. The highest BCUT2D eigenvalue weighted by atomic mass is 35.5. The summed E-state index contributed by atoms with van der Waals surface area (Å²) in [6.45, 7) is 4.45. The van der Waals surface area contributed by atoms with Crippen molar-refractivity contribution in [3.8, 4) is 11.8 Å². The maximum atomic E-state index is 8.44. The van der Waals surface area contributed by atoms with Crippen molar-refractivity contribution in [3.63, 3.8) is 0 Å². The molecule has 0 aliphatic rings. The maximum Gasteiger partial charge on any atom is 0.174 e. The second kappa shape index (κ2) is 7.19. The molecule has 0 aromatic heterocycles. The molecule has 0 radical (unpaired) electrons. The first-order chi connectivity index (χ1) is 8.21. The van der Waals surface area contributed by atoms with Crippen molar-refractivity contribution >= 4 is 11.6 Å². The summed E-state index contributed by atoms with van der Waals surface area (Å²) in [4.78, 5) is 0. The van der Waals surface area contributed by atoms with Crippen LogP contribution < -0.4 is 4.74 Å². The second-order valence-electron chi connectivity index (χ2n) is 4.10. The Morgan fingerprint density at radius 3 is 2.59 bits per heavy atom. The predicted octanol–water partition coefficient (Wildman–Crippen LogP) is 4.22. The first-order valence-corrected chi connectivity index (χ1v) is 6.37. The van der Waals surface area contributed by atoms with Crippen LogP contribution in [0.5, 0.6) is 5.75 Å². The molecule has 0 fully saturated rings. The van der Waals surface area contributed by atoms with Gasteiger partial charge in [0.25, 0.3) is 0 Å². The molecule has 1 rings (SSSR count). The zero-order valence-corrected chi connectivity index (χ0v) is 11.1. The molecule has 1 aromatic carbocycles. The van der Waals surface area contributed by atoms with Crippen molar-refractivity contribution in [2.45, 2.75) is 33.1 Å². The number of nitriles is 1. The van der Waals surface area contributed by atoms with E-state index in [0.717, 1.165) is 6.42 Å². The lowest BCUT2D eigenvalue weighted by Gasteiger charge is -2.13. The lowest BCUT2D eigenvalue weighted by atomic mass is 9.95. The average molecular weight is 252 g/mol. The summed E-state index contributed by atoms with van der Waals surface area (Å²) in [5, 5.41) is 9.02. The van der Waals surface area contributed by atoms with E-state index in [1.807, 2.05) is 24.3 Å². The van der Waals surface area contributed by atoms with Crippen molar-refractivity contribution in [1.82, 2.24) is 0 Å². The average Bonchev–Trinajstić information content (AvgIpc) is 2.35. The summed E-state index contributed by atoms with van der Waals surface area (Å²) >= 11 is 6.10. The van der Waals surface area contributed by atoms with Gasteiger partial charge in [-0.25, -0.2) is 0 Å². The van der Waals surface area contributed by atoms with Crippen LogP contribution in [-0.2, 0) is 6.42 Å². The Kier molecular flexibility index (Phi) is 5.86. The van der Waals surface area contributed by atoms with Crippen LogP contribution in [0.1, 0.15) is 32.3 Å². The van der Waals surface area contributed by atoms with Crippen molar-refractivity contribution in [2.24, 2.45) is 5.92 Å². The van der Waals surface area contributed by atoms with Gasteiger partial charge in [0.2, 0.25) is 0 Å². The molecule has 0 saturated carbocycles. The van der Waals surface area contributed by atoms with Crippen LogP contribution in [0.25, 0.3) is 0 Å². The van der Waals surface area contributed by atoms with Gasteiger partial charge in [-0.05, 0) is 30.0 Å². The third-order valence-corrected chi connectivity index (χ3v) is 3.26. The molecule has 2 nitrogen and oxygen atoms in total. The number of benzene rings is 1. The van der Waals surface area contributed by atoms with Crippen molar-refractivity contribution in [2.75, 3.05) is 6.61 Å². The van der Waals surface area contributed by atoms with E-state index in [2.05, 4.69) is 13.8 Å². The SMILES string of the molecule is CCC(CC)Cc1ccc(OCC#N)c(Cl)c1. The smallest absolute Gasteiger partial charge is 0.174 e. The van der Waals surface area contributed by atoms with Gasteiger partial charge < -0.3 is 4.74 Å². The fourth-order valence-corrected chi connectivity index (χ4v) is 2.07. The van der Waals surface area contributed by atoms with Gasteiger partial charge in [0.15, 0.2) is 6.61 Å². The highest BCUT2D eigenvalue weighted by Crippen LogP contribution is 2.27. The van der Waals surface area contributed by atoms with Crippen LogP contribution in [0, 0.1) is 17.2 Å². The lowest BCUT2D eigenvalue weighted by molar-refractivity contribution is 0.368. The van der Waals surface area contributed by atoms with Gasteiger partial charge in [0, 0.05) is 0 Å². The van der Waals surface area contributed by atoms with E-state index in [-0.39, 0.29) is 6.61 Å². The standard InChI is InChI=1S/C14H18ClNO/c1-3-11(4-2)9-12-5-6-14(13(15)10-12)17-8-7-16/h5-6,10-11H,3-4,8-9H2,1-2H3. The molecule has 0 saturated heterocycles. The first kappa shape index (κ1) is 13.9. The Bertz CT molecular complexity index is 394. The molecule has 0 aliphatic heterocycles. The highest BCUT2D eigenvalue weighted by molar-refractivity contribution is 6.32. The molecule has 3 heteroatoms. The van der Waals surface area contributed by atoms with E-state index in [9.17, 15) is 0 Å². The van der Waals surface area contributed by atoms with E-state index in [1.165, 1.54) is 18.4 Å². The van der Waals surface area contributed by atoms with E-state index in [1.54, 1.807) is 0 Å². The highest BCUT2D eigenvalue weighted by Gasteiger charge is 2.07. The van der Waals surface area contributed by atoms with Crippen LogP contribution in [0.4, 0.5) is 0 Å². The minimum absolute atomic E-state index is 0.0333. The summed E-state index contributed by atoms with van der Waals surface area (Å²) in [6, 6.07) is 7.73. The van der Waals surface area contributed by atoms with Crippen LogP contribution in [0.15, 0.2) is 18.2 Å². The Hall–Kier alpha value is -1.20. The lowest BCUT2D eigenvalue weighted by Crippen LogP contribution is -2.02. The molecule has 0 unspecified atom stereocenters. The molecule has 0 atom stereocenters. The quantitative estimate of drug-likeness (QED) is 0.758. The molecule has 0 aliphatic carbocycles. The Balaban J connectivity index is 2.71. The molecule has 0 spiro atoms. The number of hydrogen-bond donors (Lipinski definition) is 0. The van der Waals surface area contributed by atoms with Crippen LogP contribution in [-0.4, -0.2) is 6.61 Å². The number of ether oxygens (including phenoxy) is 1. The molecular formula is C14H18ClNO. The molecule has 0 heterocycles. The van der Waals surface area contributed by atoms with Gasteiger partial charge in [-0.3, -0.25) is 0 Å². The number of nitrogens with zero attached hydrogens (tertiary/aromatic N) is 1. The molecule has 0 bridgehead atoms. The minimum Gasteiger partial charge on any atom is -0.477 e. The monoisotopic (exact) mass is 251 g/mol. The number of halogens is 1. The van der Waals surface area contributed by atoms with Gasteiger partial charge in [-0.2, -0.15) is 5.26 Å². The van der Waals surface area contributed by atoms with E-state index in [4.69, 9.17) is 21.6 Å². The maximum absolute atomic E-state index is 8.44. The van der Waals surface area contributed by atoms with Crippen molar-refractivity contribution < 1.29 is 4.74 Å². The van der Waals surface area contributed by atoms with E-state index < -0.39 is 0 Å². The molecular weight excluding hydrogens is 234 g/mol. The second-order valence-corrected chi connectivity index (χ2v) is 4.51. The zero-order valence-electron chi connectivity index (χ0n) is 10.4. The molecule has 92 valence electrons. The third kappa shape index (κ3) is 4.28. The van der Waals surface area contributed by atoms with Crippen molar-refractivity contribution in [1.29, 1.82) is 5.26 Å². The molecule has 1 aromatic rings. The Labute approximate surface area is 108 Å². The fourth-order valence-electron chi connectivity index (χ4n) is 1.81. The van der Waals surface area contributed by atoms with Gasteiger partial charge in [-0.1, -0.05) is 44.4 Å². The number of hydrogen-bond acceptors (Lipinski definition) is 2. The third-order valence-electron chi connectivity index (χ3n) is 2.97. The van der Waals surface area contributed by atoms with Gasteiger partial charge >= 0.3 is 0 Å². The first-order valence-electron chi connectivity index (χ1n) is 5.99. The predicted molar refractivity (Wildman–Crippen MR) is 70.3 cm³/mol. The largest absolute Gasteiger partial charge is 0.477 e. The van der Waals surface area contributed by atoms with Crippen LogP contribution in [0.3, 0.4) is 0 Å². The topological polar surface area (TPSA) is 33.0 Å². The minimum atomic E-state index is 0.0333. The van der Waals surface area contributed by atoms with Gasteiger partial charge in [-0.15, -0.1) is 0 Å². The van der Waals surface area contributed by atoms with E-state index in [0.29, 0.717) is 16.7 Å². The Morgan fingerprint density at radius 2 is 2.06 bits per heavy atom. The van der Waals surface area contributed by atoms with Crippen molar-refractivity contribution in [3.05, 3.63) is 28.8 Å². The fraction of sp³-hybridized carbons (Fsp3) is 0.500. The summed E-state index contributed by atoms with van der Waals surface area (Å²) in [7, 11) is 0. The number of rotatable bonds is 6. The van der Waals surface area contributed by atoms with Crippen LogP contribution in [0.2, 0.25) is 5.02 Å². The normalized spacial score (nSPS) is 10.3. The Morgan fingerprint density at radius 1 is 1.35 bits per heavy atom. The van der Waals surface area contributed by atoms with E-state index >= 15 is 0 Å². The van der Waals surface area contributed by atoms with Crippen LogP contribution >= 0.6 is 11.6 Å². The zero-order chi connectivity index (χ0) is 12.7.